The van der Waals surface area contributed by atoms with Gasteiger partial charge in [0.1, 0.15) is 5.69 Å². The van der Waals surface area contributed by atoms with Crippen molar-refractivity contribution in [1.29, 1.82) is 0 Å². The number of nitrogens with zero attached hydrogens (tertiary/aromatic N) is 1. The molecule has 1 N–H and O–H groups in total. The summed E-state index contributed by atoms with van der Waals surface area (Å²) in [5.74, 6) is -1.01. The van der Waals surface area contributed by atoms with Crippen LogP contribution in [-0.4, -0.2) is 16.8 Å². The Balaban J connectivity index is 1.85. The van der Waals surface area contributed by atoms with Gasteiger partial charge in [-0.3, -0.25) is 19.7 Å². The number of ether oxygens (including phenoxy) is 1. The van der Waals surface area contributed by atoms with Crippen LogP contribution in [0.3, 0.4) is 0 Å². The maximum Gasteiger partial charge on any atom is 0.310 e. The highest BCUT2D eigenvalue weighted by molar-refractivity contribution is 5.98. The molecule has 7 nitrogen and oxygen atoms in total. The zero-order chi connectivity index (χ0) is 19.6. The number of carbonyl (C=O) groups excluding carboxylic acids is 2. The Morgan fingerprint density at radius 2 is 1.89 bits per heavy atom. The summed E-state index contributed by atoms with van der Waals surface area (Å²) < 4.78 is 5.47. The summed E-state index contributed by atoms with van der Waals surface area (Å²) in [6, 6.07) is 13.1. The third-order valence-corrected chi connectivity index (χ3v) is 4.59. The number of nitrogens with one attached hydrogen (secondary N) is 1. The van der Waals surface area contributed by atoms with Crippen LogP contribution >= 0.6 is 0 Å². The Morgan fingerprint density at radius 3 is 2.48 bits per heavy atom. The van der Waals surface area contributed by atoms with Crippen LogP contribution in [0.5, 0.6) is 0 Å². The molecule has 27 heavy (non-hydrogen) atoms. The molecule has 1 fully saturated rings. The zero-order valence-electron chi connectivity index (χ0n) is 15.0. The number of hydrogen-bond donors (Lipinski definition) is 1. The average molecular weight is 368 g/mol. The summed E-state index contributed by atoms with van der Waals surface area (Å²) in [6.45, 7) is 3.67. The van der Waals surface area contributed by atoms with Crippen LogP contribution in [-0.2, 0) is 14.3 Å². The fourth-order valence-electron chi connectivity index (χ4n) is 2.85. The second-order valence-corrected chi connectivity index (χ2v) is 6.81. The van der Waals surface area contributed by atoms with E-state index in [1.165, 1.54) is 12.1 Å². The largest absolute Gasteiger partial charge is 0.447 e. The molecule has 2 aromatic rings. The number of esters is 1. The first-order chi connectivity index (χ1) is 12.9. The molecule has 140 valence electrons. The quantitative estimate of drug-likeness (QED) is 0.475. The molecule has 0 heterocycles. The van der Waals surface area contributed by atoms with Crippen molar-refractivity contribution in [2.24, 2.45) is 11.8 Å². The van der Waals surface area contributed by atoms with E-state index < -0.39 is 22.9 Å². The van der Waals surface area contributed by atoms with Gasteiger partial charge in [-0.1, -0.05) is 43.3 Å². The lowest BCUT2D eigenvalue weighted by molar-refractivity contribution is -0.384. The fourth-order valence-corrected chi connectivity index (χ4v) is 2.85. The molecule has 3 atom stereocenters. The van der Waals surface area contributed by atoms with Gasteiger partial charge in [0.15, 0.2) is 0 Å². The monoisotopic (exact) mass is 368 g/mol. The zero-order valence-corrected chi connectivity index (χ0v) is 15.0. The summed E-state index contributed by atoms with van der Waals surface area (Å²) in [4.78, 5) is 35.8. The van der Waals surface area contributed by atoms with Crippen LogP contribution in [0.1, 0.15) is 30.6 Å². The molecule has 1 aliphatic carbocycles. The Bertz CT molecular complexity index is 881. The number of rotatable bonds is 6. The molecule has 0 bridgehead atoms. The summed E-state index contributed by atoms with van der Waals surface area (Å²) in [5, 5.41) is 13.8. The normalized spacial score (nSPS) is 19.0. The molecule has 0 spiro atoms. The summed E-state index contributed by atoms with van der Waals surface area (Å²) >= 11 is 0. The van der Waals surface area contributed by atoms with Crippen LogP contribution in [0, 0.1) is 28.9 Å². The van der Waals surface area contributed by atoms with Crippen LogP contribution in [0.25, 0.3) is 0 Å². The van der Waals surface area contributed by atoms with Gasteiger partial charge in [0.2, 0.25) is 6.10 Å². The lowest BCUT2D eigenvalue weighted by Gasteiger charge is -2.18. The summed E-state index contributed by atoms with van der Waals surface area (Å²) in [6.07, 6.45) is -0.432. The van der Waals surface area contributed by atoms with E-state index in [1.807, 2.05) is 6.92 Å². The van der Waals surface area contributed by atoms with E-state index in [0.717, 1.165) is 6.42 Å². The number of amides is 1. The SMILES string of the molecule is Cc1ccc(NC(=O)[C@H](OC(=O)[C@H]2C[C@@H]2C)c2ccccc2)c([N+](=O)[O-])c1. The first kappa shape index (κ1) is 18.6. The molecule has 0 radical (unpaired) electrons. The van der Waals surface area contributed by atoms with Crippen molar-refractivity contribution >= 4 is 23.3 Å². The van der Waals surface area contributed by atoms with Crippen molar-refractivity contribution in [3.05, 3.63) is 69.8 Å². The number of benzene rings is 2. The number of anilines is 1. The molecule has 0 unspecified atom stereocenters. The number of hydrogen-bond acceptors (Lipinski definition) is 5. The lowest BCUT2D eigenvalue weighted by Crippen LogP contribution is -2.27. The first-order valence-corrected chi connectivity index (χ1v) is 8.68. The highest BCUT2D eigenvalue weighted by Gasteiger charge is 2.42. The van der Waals surface area contributed by atoms with E-state index >= 15 is 0 Å². The van der Waals surface area contributed by atoms with E-state index in [0.29, 0.717) is 11.1 Å². The standard InChI is InChI=1S/C20H20N2O5/c1-12-8-9-16(17(10-12)22(25)26)21-19(23)18(14-6-4-3-5-7-14)27-20(24)15-11-13(15)2/h3-10,13,15,18H,11H2,1-2H3,(H,21,23)/t13-,15-,18+/m0/s1. The predicted octanol–water partition coefficient (Wildman–Crippen LogP) is 3.78. The van der Waals surface area contributed by atoms with Crippen LogP contribution in [0.15, 0.2) is 48.5 Å². The Morgan fingerprint density at radius 1 is 1.22 bits per heavy atom. The lowest BCUT2D eigenvalue weighted by atomic mass is 10.1. The predicted molar refractivity (Wildman–Crippen MR) is 99.0 cm³/mol. The van der Waals surface area contributed by atoms with Crippen LogP contribution in [0.4, 0.5) is 11.4 Å². The second-order valence-electron chi connectivity index (χ2n) is 6.81. The highest BCUT2D eigenvalue weighted by Crippen LogP contribution is 2.40. The molecule has 0 saturated heterocycles. The molecule has 1 aliphatic rings. The average Bonchev–Trinajstić information content (AvgIpc) is 3.38. The van der Waals surface area contributed by atoms with Crippen molar-refractivity contribution in [2.45, 2.75) is 26.4 Å². The summed E-state index contributed by atoms with van der Waals surface area (Å²) in [7, 11) is 0. The van der Waals surface area contributed by atoms with Gasteiger partial charge in [-0.25, -0.2) is 0 Å². The first-order valence-electron chi connectivity index (χ1n) is 8.68. The number of nitro benzene ring substituents is 1. The van der Waals surface area contributed by atoms with E-state index in [1.54, 1.807) is 43.3 Å². The van der Waals surface area contributed by atoms with E-state index in [9.17, 15) is 19.7 Å². The molecular formula is C20H20N2O5. The minimum absolute atomic E-state index is 0.0624. The van der Waals surface area contributed by atoms with E-state index in [-0.39, 0.29) is 23.2 Å². The minimum Gasteiger partial charge on any atom is -0.447 e. The topological polar surface area (TPSA) is 98.5 Å². The maximum absolute atomic E-state index is 12.8. The van der Waals surface area contributed by atoms with Crippen LogP contribution in [0.2, 0.25) is 0 Å². The minimum atomic E-state index is -1.17. The fraction of sp³-hybridized carbons (Fsp3) is 0.300. The second kappa shape index (κ2) is 7.57. The molecule has 1 amide bonds. The molecule has 7 heteroatoms. The van der Waals surface area contributed by atoms with Gasteiger partial charge in [-0.05, 0) is 30.9 Å². The van der Waals surface area contributed by atoms with Gasteiger partial charge in [-0.2, -0.15) is 0 Å². The third kappa shape index (κ3) is 4.31. The molecule has 2 aromatic carbocycles. The molecular weight excluding hydrogens is 348 g/mol. The van der Waals surface area contributed by atoms with Gasteiger partial charge >= 0.3 is 5.97 Å². The Kier molecular flexibility index (Phi) is 5.21. The maximum atomic E-state index is 12.8. The smallest absolute Gasteiger partial charge is 0.310 e. The molecule has 0 aromatic heterocycles. The van der Waals surface area contributed by atoms with Crippen LogP contribution < -0.4 is 5.32 Å². The molecule has 1 saturated carbocycles. The van der Waals surface area contributed by atoms with E-state index in [2.05, 4.69) is 5.32 Å². The Hall–Kier alpha value is -3.22. The molecule has 0 aliphatic heterocycles. The van der Waals surface area contributed by atoms with Crippen molar-refractivity contribution in [2.75, 3.05) is 5.32 Å². The Labute approximate surface area is 156 Å². The van der Waals surface area contributed by atoms with Gasteiger partial charge < -0.3 is 10.1 Å². The summed E-state index contributed by atoms with van der Waals surface area (Å²) in [5.41, 5.74) is 1.06. The van der Waals surface area contributed by atoms with Crippen molar-refractivity contribution in [1.82, 2.24) is 0 Å². The van der Waals surface area contributed by atoms with Crippen molar-refractivity contribution in [3.8, 4) is 0 Å². The molecule has 3 rings (SSSR count). The number of aryl methyl sites for hydroxylation is 1. The van der Waals surface area contributed by atoms with Crippen molar-refractivity contribution in [3.63, 3.8) is 0 Å². The van der Waals surface area contributed by atoms with Gasteiger partial charge in [0.25, 0.3) is 11.6 Å². The van der Waals surface area contributed by atoms with Gasteiger partial charge in [0.05, 0.1) is 10.8 Å². The van der Waals surface area contributed by atoms with Crippen molar-refractivity contribution < 1.29 is 19.2 Å². The number of carbonyl (C=O) groups is 2. The highest BCUT2D eigenvalue weighted by atomic mass is 16.6. The van der Waals surface area contributed by atoms with Gasteiger partial charge in [-0.15, -0.1) is 0 Å². The number of nitro groups is 1. The van der Waals surface area contributed by atoms with E-state index in [4.69, 9.17) is 4.74 Å². The third-order valence-electron chi connectivity index (χ3n) is 4.59. The van der Waals surface area contributed by atoms with Gasteiger partial charge in [0, 0.05) is 11.6 Å².